The number of nitrogens with zero attached hydrogens (tertiary/aromatic N) is 7. The minimum Gasteiger partial charge on any atom is -0.349 e. The highest BCUT2D eigenvalue weighted by molar-refractivity contribution is 6.10. The number of anilines is 3. The first kappa shape index (κ1) is 36.3. The molecule has 7 nitrogen and oxygen atoms in total. The monoisotopic (exact) mass is 747 g/mol. The molecule has 0 saturated heterocycles. The topological polar surface area (TPSA) is 63.0 Å². The molecule has 4 heterocycles. The van der Waals surface area contributed by atoms with Crippen LogP contribution in [0.15, 0.2) is 134 Å². The molecule has 57 heavy (non-hydrogen) atoms. The van der Waals surface area contributed by atoms with Gasteiger partial charge in [0.1, 0.15) is 5.82 Å². The van der Waals surface area contributed by atoms with Gasteiger partial charge in [-0.05, 0) is 90.4 Å². The first-order valence-electron chi connectivity index (χ1n) is 19.9. The molecule has 0 saturated carbocycles. The number of hydrogen-bond acceptors (Lipinski definition) is 6. The van der Waals surface area contributed by atoms with E-state index in [1.807, 2.05) is 24.4 Å². The zero-order chi connectivity index (χ0) is 39.6. The van der Waals surface area contributed by atoms with E-state index in [9.17, 15) is 0 Å². The van der Waals surface area contributed by atoms with Gasteiger partial charge in [0.15, 0.2) is 17.5 Å². The van der Waals surface area contributed by atoms with Crippen LogP contribution in [0.4, 0.5) is 17.1 Å². The molecule has 5 aromatic carbocycles. The molecule has 0 spiro atoms. The van der Waals surface area contributed by atoms with E-state index in [-0.39, 0.29) is 10.8 Å². The fourth-order valence-electron chi connectivity index (χ4n) is 7.95. The molecule has 8 aromatic rings. The van der Waals surface area contributed by atoms with Crippen molar-refractivity contribution in [1.82, 2.24) is 24.5 Å². The highest BCUT2D eigenvalue weighted by Gasteiger charge is 2.30. The first-order valence-corrected chi connectivity index (χ1v) is 19.9. The Morgan fingerprint density at radius 3 is 1.88 bits per heavy atom. The summed E-state index contributed by atoms with van der Waals surface area (Å²) in [6, 6.07) is 45.6. The quantitative estimate of drug-likeness (QED) is 0.169. The third-order valence-corrected chi connectivity index (χ3v) is 11.2. The summed E-state index contributed by atoms with van der Waals surface area (Å²) in [6.07, 6.45) is 1.92. The van der Waals surface area contributed by atoms with Crippen molar-refractivity contribution >= 4 is 38.9 Å². The number of aromatic nitrogens is 5. The van der Waals surface area contributed by atoms with Gasteiger partial charge in [0.05, 0.1) is 29.1 Å². The lowest BCUT2D eigenvalue weighted by atomic mass is 9.85. The van der Waals surface area contributed by atoms with E-state index >= 15 is 0 Å². The summed E-state index contributed by atoms with van der Waals surface area (Å²) in [5, 5.41) is 2.33. The maximum atomic E-state index is 5.31. The Morgan fingerprint density at radius 1 is 0.526 bits per heavy atom. The van der Waals surface area contributed by atoms with Gasteiger partial charge in [-0.1, -0.05) is 114 Å². The molecule has 0 N–H and O–H groups in total. The van der Waals surface area contributed by atoms with Crippen molar-refractivity contribution in [3.05, 3.63) is 145 Å². The van der Waals surface area contributed by atoms with Crippen LogP contribution in [0.25, 0.3) is 61.8 Å². The lowest BCUT2D eigenvalue weighted by molar-refractivity contribution is 0.588. The van der Waals surface area contributed by atoms with Gasteiger partial charge in [-0.15, -0.1) is 0 Å². The van der Waals surface area contributed by atoms with Crippen LogP contribution in [0, 0.1) is 0 Å². The molecule has 0 atom stereocenters. The van der Waals surface area contributed by atoms with Crippen molar-refractivity contribution in [1.29, 1.82) is 0 Å². The zero-order valence-electron chi connectivity index (χ0n) is 34.1. The van der Waals surface area contributed by atoms with Gasteiger partial charge in [-0.3, -0.25) is 4.57 Å². The van der Waals surface area contributed by atoms with Crippen LogP contribution in [0.3, 0.4) is 0 Å². The van der Waals surface area contributed by atoms with Gasteiger partial charge >= 0.3 is 0 Å². The minimum atomic E-state index is -0.114. The Morgan fingerprint density at radius 2 is 1.16 bits per heavy atom. The average Bonchev–Trinajstić information content (AvgIpc) is 3.77. The van der Waals surface area contributed by atoms with Crippen molar-refractivity contribution in [2.24, 2.45) is 0 Å². The molecule has 3 aromatic heterocycles. The van der Waals surface area contributed by atoms with E-state index in [1.54, 1.807) is 0 Å². The molecule has 0 bridgehead atoms. The molecule has 0 radical (unpaired) electrons. The lowest BCUT2D eigenvalue weighted by Crippen LogP contribution is -2.33. The summed E-state index contributed by atoms with van der Waals surface area (Å²) in [5.74, 6) is 2.78. The molecular weight excluding hydrogens is 699 g/mol. The molecule has 1 aliphatic rings. The van der Waals surface area contributed by atoms with Crippen LogP contribution >= 0.6 is 0 Å². The molecule has 0 aliphatic carbocycles. The van der Waals surface area contributed by atoms with Crippen LogP contribution in [0.2, 0.25) is 0 Å². The number of para-hydroxylation sites is 3. The molecule has 0 fully saturated rings. The van der Waals surface area contributed by atoms with Crippen LogP contribution in [-0.2, 0) is 10.8 Å². The third-order valence-electron chi connectivity index (χ3n) is 11.2. The van der Waals surface area contributed by atoms with Crippen LogP contribution < -0.4 is 9.80 Å². The van der Waals surface area contributed by atoms with Crippen LogP contribution in [0.1, 0.15) is 66.5 Å². The van der Waals surface area contributed by atoms with Crippen molar-refractivity contribution in [3.63, 3.8) is 0 Å². The molecular formula is C50H49N7. The largest absolute Gasteiger partial charge is 0.349 e. The van der Waals surface area contributed by atoms with Gasteiger partial charge in [0.25, 0.3) is 0 Å². The molecule has 1 aliphatic heterocycles. The van der Waals surface area contributed by atoms with Gasteiger partial charge in [0.2, 0.25) is 0 Å². The van der Waals surface area contributed by atoms with E-state index in [0.29, 0.717) is 23.5 Å². The van der Waals surface area contributed by atoms with E-state index in [4.69, 9.17) is 19.9 Å². The normalized spacial score (nSPS) is 13.3. The van der Waals surface area contributed by atoms with Crippen molar-refractivity contribution in [2.75, 3.05) is 16.5 Å². The highest BCUT2D eigenvalue weighted by atomic mass is 15.4. The SMILES string of the molecule is CC(C)N1CN(c2cc(-c3nc(-c4ccccc4)nc(-c4ccc5c6ccccc6n(-c6cc(C(C)(C)C)ccn6)c5c4)n3)cc(C(C)(C)C)c2)c2ccccc21. The number of hydrogen-bond donors (Lipinski definition) is 0. The first-order chi connectivity index (χ1) is 27.3. The maximum Gasteiger partial charge on any atom is 0.164 e. The van der Waals surface area contributed by atoms with E-state index in [1.165, 1.54) is 27.9 Å². The summed E-state index contributed by atoms with van der Waals surface area (Å²) in [5.41, 5.74) is 10.8. The van der Waals surface area contributed by atoms with Crippen molar-refractivity contribution in [3.8, 4) is 40.0 Å². The van der Waals surface area contributed by atoms with Crippen LogP contribution in [-0.4, -0.2) is 37.2 Å². The van der Waals surface area contributed by atoms with Crippen molar-refractivity contribution < 1.29 is 0 Å². The van der Waals surface area contributed by atoms with Gasteiger partial charge in [-0.25, -0.2) is 19.9 Å². The number of benzene rings is 5. The van der Waals surface area contributed by atoms with E-state index in [2.05, 4.69) is 179 Å². The standard InChI is InChI=1S/C50H49N7/c1-32(2)55-31-56(43-21-15-14-20-42(43)55)38-27-35(26-37(29-38)50(6,7)8)48-53-46(33-16-10-9-11-17-33)52-47(54-48)34-22-23-40-39-18-12-13-19-41(39)57(44(40)28-34)45-30-36(24-25-51-45)49(3,4)5/h9-30,32H,31H2,1-8H3. The predicted molar refractivity (Wildman–Crippen MR) is 237 cm³/mol. The predicted octanol–water partition coefficient (Wildman–Crippen LogP) is 12.3. The fourth-order valence-corrected chi connectivity index (χ4v) is 7.95. The van der Waals surface area contributed by atoms with E-state index in [0.717, 1.165) is 51.3 Å². The number of pyridine rings is 1. The molecule has 284 valence electrons. The molecule has 9 rings (SSSR count). The molecule has 0 unspecified atom stereocenters. The third kappa shape index (κ3) is 6.61. The minimum absolute atomic E-state index is 0.0210. The maximum absolute atomic E-state index is 5.31. The summed E-state index contributed by atoms with van der Waals surface area (Å²) in [6.45, 7) is 18.8. The second-order valence-corrected chi connectivity index (χ2v) is 17.5. The number of fused-ring (bicyclic) bond motifs is 4. The second kappa shape index (κ2) is 13.7. The molecule has 0 amide bonds. The summed E-state index contributed by atoms with van der Waals surface area (Å²) in [4.78, 5) is 25.5. The second-order valence-electron chi connectivity index (χ2n) is 17.5. The Balaban J connectivity index is 1.25. The highest BCUT2D eigenvalue weighted by Crippen LogP contribution is 2.44. The van der Waals surface area contributed by atoms with Gasteiger partial charge in [0, 0.05) is 45.4 Å². The summed E-state index contributed by atoms with van der Waals surface area (Å²) >= 11 is 0. The Bertz CT molecular complexity index is 2790. The lowest BCUT2D eigenvalue weighted by Gasteiger charge is -2.27. The Hall–Kier alpha value is -6.34. The number of rotatable bonds is 6. The van der Waals surface area contributed by atoms with E-state index < -0.39 is 0 Å². The smallest absolute Gasteiger partial charge is 0.164 e. The fraction of sp³-hybridized carbons (Fsp3) is 0.240. The van der Waals surface area contributed by atoms with Crippen LogP contribution in [0.5, 0.6) is 0 Å². The average molecular weight is 748 g/mol. The van der Waals surface area contributed by atoms with Gasteiger partial charge in [-0.2, -0.15) is 0 Å². The zero-order valence-corrected chi connectivity index (χ0v) is 34.1. The Labute approximate surface area is 335 Å². The Kier molecular flexibility index (Phi) is 8.72. The van der Waals surface area contributed by atoms with Crippen molar-refractivity contribution in [2.45, 2.75) is 72.3 Å². The summed E-state index contributed by atoms with van der Waals surface area (Å²) < 4.78 is 2.27. The summed E-state index contributed by atoms with van der Waals surface area (Å²) in [7, 11) is 0. The molecule has 7 heteroatoms. The van der Waals surface area contributed by atoms with Gasteiger partial charge < -0.3 is 9.80 Å².